The Morgan fingerprint density at radius 3 is 2.71 bits per heavy atom. The van der Waals surface area contributed by atoms with Gasteiger partial charge in [-0.15, -0.1) is 0 Å². The normalized spacial score (nSPS) is 11.9. The number of rotatable bonds is 6. The van der Waals surface area contributed by atoms with Crippen molar-refractivity contribution in [3.8, 4) is 11.4 Å². The number of aryl methyl sites for hydroxylation is 1. The van der Waals surface area contributed by atoms with Crippen LogP contribution >= 0.6 is 22.6 Å². The molecule has 0 radical (unpaired) electrons. The minimum absolute atomic E-state index is 0.506. The fourth-order valence-electron chi connectivity index (χ4n) is 1.85. The second-order valence-corrected chi connectivity index (χ2v) is 13.2. The van der Waals surface area contributed by atoms with Gasteiger partial charge in [0.15, 0.2) is 0 Å². The highest BCUT2D eigenvalue weighted by Crippen LogP contribution is 2.22. The van der Waals surface area contributed by atoms with E-state index in [4.69, 9.17) is 4.74 Å². The largest absolute Gasteiger partial charge is 0.360 e. The third-order valence-electron chi connectivity index (χ3n) is 3.07. The molecule has 21 heavy (non-hydrogen) atoms. The van der Waals surface area contributed by atoms with Gasteiger partial charge in [-0.3, -0.25) is 4.98 Å². The van der Waals surface area contributed by atoms with Crippen LogP contribution in [0.15, 0.2) is 24.4 Å². The van der Waals surface area contributed by atoms with Crippen LogP contribution in [0.5, 0.6) is 0 Å². The lowest BCUT2D eigenvalue weighted by molar-refractivity contribution is 0.0787. The third kappa shape index (κ3) is 5.19. The van der Waals surface area contributed by atoms with Crippen LogP contribution in [0, 0.1) is 10.5 Å². The van der Waals surface area contributed by atoms with Crippen molar-refractivity contribution in [1.29, 1.82) is 0 Å². The molecule has 0 atom stereocenters. The van der Waals surface area contributed by atoms with Crippen molar-refractivity contribution < 1.29 is 4.74 Å². The van der Waals surface area contributed by atoms with E-state index >= 15 is 0 Å². The van der Waals surface area contributed by atoms with Gasteiger partial charge < -0.3 is 4.74 Å². The predicted molar refractivity (Wildman–Crippen MR) is 97.0 cm³/mol. The number of hydrogen-bond acceptors (Lipinski definition) is 3. The molecule has 0 aromatic carbocycles. The maximum atomic E-state index is 5.74. The van der Waals surface area contributed by atoms with E-state index in [1.54, 1.807) is 0 Å². The molecule has 0 N–H and O–H groups in total. The Morgan fingerprint density at radius 2 is 2.05 bits per heavy atom. The highest BCUT2D eigenvalue weighted by molar-refractivity contribution is 14.1. The van der Waals surface area contributed by atoms with Crippen LogP contribution < -0.4 is 0 Å². The van der Waals surface area contributed by atoms with Gasteiger partial charge in [0.25, 0.3) is 0 Å². The van der Waals surface area contributed by atoms with E-state index in [2.05, 4.69) is 52.3 Å². The molecule has 0 aliphatic carbocycles. The number of halogens is 1. The summed E-state index contributed by atoms with van der Waals surface area (Å²) in [6.07, 6.45) is 2.01. The van der Waals surface area contributed by atoms with Gasteiger partial charge in [-0.1, -0.05) is 25.7 Å². The van der Waals surface area contributed by atoms with E-state index in [-0.39, 0.29) is 0 Å². The van der Waals surface area contributed by atoms with Crippen molar-refractivity contribution in [3.63, 3.8) is 0 Å². The molecule has 2 aromatic heterocycles. The quantitative estimate of drug-likeness (QED) is 0.404. The first-order valence-corrected chi connectivity index (χ1v) is 11.9. The zero-order valence-corrected chi connectivity index (χ0v) is 16.2. The lowest BCUT2D eigenvalue weighted by atomic mass is 10.2. The van der Waals surface area contributed by atoms with Gasteiger partial charge in [-0.2, -0.15) is 5.10 Å². The number of nitrogens with zero attached hydrogens (tertiary/aromatic N) is 3. The summed E-state index contributed by atoms with van der Waals surface area (Å²) in [5.41, 5.74) is 2.84. The van der Waals surface area contributed by atoms with Crippen molar-refractivity contribution in [2.75, 3.05) is 6.61 Å². The highest BCUT2D eigenvalue weighted by Gasteiger charge is 2.13. The second-order valence-electron chi connectivity index (χ2n) is 6.38. The zero-order valence-electron chi connectivity index (χ0n) is 13.1. The first kappa shape index (κ1) is 16.6. The Bertz CT molecular complexity index is 607. The van der Waals surface area contributed by atoms with E-state index in [0.29, 0.717) is 6.73 Å². The van der Waals surface area contributed by atoms with E-state index < -0.39 is 8.07 Å². The van der Waals surface area contributed by atoms with Crippen LogP contribution in [-0.2, 0) is 11.5 Å². The molecular formula is C15H22IN3OSi. The number of pyridine rings is 1. The minimum Gasteiger partial charge on any atom is -0.360 e. The monoisotopic (exact) mass is 415 g/mol. The lowest BCUT2D eigenvalue weighted by Crippen LogP contribution is -2.22. The maximum absolute atomic E-state index is 5.74. The van der Waals surface area contributed by atoms with Crippen LogP contribution in [-0.4, -0.2) is 29.4 Å². The molecule has 0 saturated heterocycles. The van der Waals surface area contributed by atoms with E-state index in [0.717, 1.165) is 27.3 Å². The molecule has 2 rings (SSSR count). The summed E-state index contributed by atoms with van der Waals surface area (Å²) in [5.74, 6) is 0. The molecule has 0 amide bonds. The standard InChI is InChI=1S/C15H22IN3OSi/c1-12-6-5-7-14(17-12)15-13(16)10-19(18-15)11-20-8-9-21(2,3)4/h5-7,10H,8-9,11H2,1-4H3. The summed E-state index contributed by atoms with van der Waals surface area (Å²) < 4.78 is 8.68. The van der Waals surface area contributed by atoms with E-state index in [1.807, 2.05) is 36.0 Å². The topological polar surface area (TPSA) is 39.9 Å². The van der Waals surface area contributed by atoms with Crippen LogP contribution in [0.25, 0.3) is 11.4 Å². The Balaban J connectivity index is 1.99. The molecule has 0 spiro atoms. The van der Waals surface area contributed by atoms with Gasteiger partial charge in [0.1, 0.15) is 12.4 Å². The number of aromatic nitrogens is 3. The lowest BCUT2D eigenvalue weighted by Gasteiger charge is -2.15. The van der Waals surface area contributed by atoms with Crippen molar-refractivity contribution in [3.05, 3.63) is 33.7 Å². The number of hydrogen-bond donors (Lipinski definition) is 0. The molecular weight excluding hydrogens is 393 g/mol. The maximum Gasteiger partial charge on any atom is 0.139 e. The van der Waals surface area contributed by atoms with Crippen LogP contribution in [0.4, 0.5) is 0 Å². The molecule has 0 fully saturated rings. The second kappa shape index (κ2) is 7.02. The Labute approximate surface area is 141 Å². The SMILES string of the molecule is Cc1cccc(-c2nn(COCC[Si](C)(C)C)cc2I)n1. The van der Waals surface area contributed by atoms with Gasteiger partial charge in [0.2, 0.25) is 0 Å². The van der Waals surface area contributed by atoms with Gasteiger partial charge in [0.05, 0.1) is 9.26 Å². The average molecular weight is 415 g/mol. The van der Waals surface area contributed by atoms with E-state index in [9.17, 15) is 0 Å². The van der Waals surface area contributed by atoms with Gasteiger partial charge in [-0.25, -0.2) is 4.68 Å². The van der Waals surface area contributed by atoms with E-state index in [1.165, 1.54) is 6.04 Å². The summed E-state index contributed by atoms with van der Waals surface area (Å²) in [4.78, 5) is 4.53. The Hall–Kier alpha value is -0.733. The molecule has 6 heteroatoms. The van der Waals surface area contributed by atoms with Crippen molar-refractivity contribution in [2.24, 2.45) is 0 Å². The molecule has 0 saturated carbocycles. The van der Waals surface area contributed by atoms with Gasteiger partial charge in [-0.05, 0) is 47.7 Å². The molecule has 2 heterocycles. The molecule has 0 bridgehead atoms. The van der Waals surface area contributed by atoms with Crippen LogP contribution in [0.1, 0.15) is 5.69 Å². The molecule has 4 nitrogen and oxygen atoms in total. The molecule has 2 aromatic rings. The Morgan fingerprint density at radius 1 is 1.29 bits per heavy atom. The first-order valence-electron chi connectivity index (χ1n) is 7.10. The first-order chi connectivity index (χ1) is 9.85. The smallest absolute Gasteiger partial charge is 0.139 e. The highest BCUT2D eigenvalue weighted by atomic mass is 127. The van der Waals surface area contributed by atoms with Crippen molar-refractivity contribution in [2.45, 2.75) is 39.3 Å². The summed E-state index contributed by atoms with van der Waals surface area (Å²) >= 11 is 2.30. The summed E-state index contributed by atoms with van der Waals surface area (Å²) in [5, 5.41) is 4.59. The fourth-order valence-corrected chi connectivity index (χ4v) is 3.31. The summed E-state index contributed by atoms with van der Waals surface area (Å²) in [6.45, 7) is 10.4. The van der Waals surface area contributed by atoms with Crippen molar-refractivity contribution >= 4 is 30.7 Å². The summed E-state index contributed by atoms with van der Waals surface area (Å²) in [6, 6.07) is 7.18. The summed E-state index contributed by atoms with van der Waals surface area (Å²) in [7, 11) is -1.03. The van der Waals surface area contributed by atoms with Gasteiger partial charge in [0, 0.05) is 26.6 Å². The molecule has 0 aliphatic rings. The number of ether oxygens (including phenoxy) is 1. The van der Waals surface area contributed by atoms with Crippen LogP contribution in [0.2, 0.25) is 25.7 Å². The Kier molecular flexibility index (Phi) is 5.56. The third-order valence-corrected chi connectivity index (χ3v) is 5.56. The fraction of sp³-hybridized carbons (Fsp3) is 0.467. The predicted octanol–water partition coefficient (Wildman–Crippen LogP) is 4.17. The molecule has 0 aliphatic heterocycles. The average Bonchev–Trinajstić information content (AvgIpc) is 2.75. The minimum atomic E-state index is -1.03. The zero-order chi connectivity index (χ0) is 15.5. The van der Waals surface area contributed by atoms with Gasteiger partial charge >= 0.3 is 0 Å². The molecule has 114 valence electrons. The van der Waals surface area contributed by atoms with Crippen molar-refractivity contribution in [1.82, 2.24) is 14.8 Å². The van der Waals surface area contributed by atoms with Crippen LogP contribution in [0.3, 0.4) is 0 Å². The molecule has 0 unspecified atom stereocenters.